The first-order valence-corrected chi connectivity index (χ1v) is 6.92. The molecular weight excluding hydrogens is 276 g/mol. The molecule has 1 fully saturated rings. The van der Waals surface area contributed by atoms with Crippen LogP contribution in [0.4, 0.5) is 5.82 Å². The molecule has 0 saturated carbocycles. The van der Waals surface area contributed by atoms with Gasteiger partial charge in [-0.25, -0.2) is 0 Å². The molecule has 20 heavy (non-hydrogen) atoms. The van der Waals surface area contributed by atoms with E-state index in [9.17, 15) is 4.79 Å². The SMILES string of the molecule is Cl.Cn1nc(CC(C)(C)C)cc1NC(=O)C1CCCN1. The number of anilines is 1. The van der Waals surface area contributed by atoms with E-state index < -0.39 is 0 Å². The Morgan fingerprint density at radius 2 is 2.25 bits per heavy atom. The number of carbonyl (C=O) groups is 1. The Kier molecular flexibility index (Phi) is 5.59. The summed E-state index contributed by atoms with van der Waals surface area (Å²) in [6, 6.07) is 1.92. The van der Waals surface area contributed by atoms with Crippen LogP contribution in [0.1, 0.15) is 39.3 Å². The van der Waals surface area contributed by atoms with Crippen LogP contribution in [-0.2, 0) is 18.3 Å². The Hall–Kier alpha value is -1.07. The Morgan fingerprint density at radius 1 is 1.55 bits per heavy atom. The molecule has 114 valence electrons. The van der Waals surface area contributed by atoms with Crippen LogP contribution < -0.4 is 10.6 Å². The van der Waals surface area contributed by atoms with E-state index in [2.05, 4.69) is 36.5 Å². The van der Waals surface area contributed by atoms with E-state index in [4.69, 9.17) is 0 Å². The number of hydrogen-bond acceptors (Lipinski definition) is 3. The lowest BCUT2D eigenvalue weighted by Gasteiger charge is -2.15. The molecule has 1 aromatic rings. The van der Waals surface area contributed by atoms with E-state index in [1.165, 1.54) is 0 Å². The molecule has 5 nitrogen and oxygen atoms in total. The van der Waals surface area contributed by atoms with Crippen molar-refractivity contribution in [2.75, 3.05) is 11.9 Å². The molecular formula is C14H25ClN4O. The highest BCUT2D eigenvalue weighted by Gasteiger charge is 2.23. The number of aryl methyl sites for hydroxylation is 1. The summed E-state index contributed by atoms with van der Waals surface area (Å²) in [5, 5.41) is 10.6. The van der Waals surface area contributed by atoms with Crippen molar-refractivity contribution < 1.29 is 4.79 Å². The van der Waals surface area contributed by atoms with Crippen LogP contribution in [0, 0.1) is 5.41 Å². The van der Waals surface area contributed by atoms with Crippen molar-refractivity contribution in [1.29, 1.82) is 0 Å². The molecule has 2 heterocycles. The van der Waals surface area contributed by atoms with E-state index >= 15 is 0 Å². The second kappa shape index (κ2) is 6.59. The van der Waals surface area contributed by atoms with Crippen LogP contribution in [0.5, 0.6) is 0 Å². The summed E-state index contributed by atoms with van der Waals surface area (Å²) >= 11 is 0. The van der Waals surface area contributed by atoms with E-state index in [1.807, 2.05) is 13.1 Å². The quantitative estimate of drug-likeness (QED) is 0.899. The van der Waals surface area contributed by atoms with Crippen molar-refractivity contribution in [2.24, 2.45) is 12.5 Å². The highest BCUT2D eigenvalue weighted by Crippen LogP contribution is 2.21. The van der Waals surface area contributed by atoms with Gasteiger partial charge in [0.05, 0.1) is 11.7 Å². The van der Waals surface area contributed by atoms with Crippen LogP contribution in [0.2, 0.25) is 0 Å². The second-order valence-electron chi connectivity index (χ2n) is 6.52. The summed E-state index contributed by atoms with van der Waals surface area (Å²) in [5.41, 5.74) is 1.22. The molecule has 0 radical (unpaired) electrons. The minimum absolute atomic E-state index is 0. The first-order valence-electron chi connectivity index (χ1n) is 6.92. The van der Waals surface area contributed by atoms with Gasteiger partial charge in [0.25, 0.3) is 0 Å². The van der Waals surface area contributed by atoms with Gasteiger partial charge in [0, 0.05) is 13.1 Å². The lowest BCUT2D eigenvalue weighted by molar-refractivity contribution is -0.117. The van der Waals surface area contributed by atoms with E-state index in [-0.39, 0.29) is 29.8 Å². The summed E-state index contributed by atoms with van der Waals surface area (Å²) in [7, 11) is 1.86. The number of nitrogens with one attached hydrogen (secondary N) is 2. The van der Waals surface area contributed by atoms with Crippen molar-refractivity contribution in [1.82, 2.24) is 15.1 Å². The van der Waals surface area contributed by atoms with Crippen LogP contribution in [0.15, 0.2) is 6.07 Å². The molecule has 1 atom stereocenters. The summed E-state index contributed by atoms with van der Waals surface area (Å²) in [6.45, 7) is 7.48. The molecule has 0 bridgehead atoms. The van der Waals surface area contributed by atoms with Gasteiger partial charge in [0.2, 0.25) is 5.91 Å². The van der Waals surface area contributed by atoms with Crippen molar-refractivity contribution in [2.45, 2.75) is 46.1 Å². The molecule has 1 aliphatic heterocycles. The number of aromatic nitrogens is 2. The maximum Gasteiger partial charge on any atom is 0.242 e. The smallest absolute Gasteiger partial charge is 0.242 e. The monoisotopic (exact) mass is 300 g/mol. The molecule has 6 heteroatoms. The van der Waals surface area contributed by atoms with Crippen molar-refractivity contribution in [3.8, 4) is 0 Å². The molecule has 1 aromatic heterocycles. The topological polar surface area (TPSA) is 59.0 Å². The van der Waals surface area contributed by atoms with Gasteiger partial charge in [0.15, 0.2) is 0 Å². The van der Waals surface area contributed by atoms with Gasteiger partial charge in [-0.3, -0.25) is 9.48 Å². The number of carbonyl (C=O) groups excluding carboxylic acids is 1. The highest BCUT2D eigenvalue weighted by atomic mass is 35.5. The summed E-state index contributed by atoms with van der Waals surface area (Å²) in [4.78, 5) is 12.0. The predicted molar refractivity (Wildman–Crippen MR) is 83.3 cm³/mol. The first-order chi connectivity index (χ1) is 8.85. The van der Waals surface area contributed by atoms with Gasteiger partial charge in [-0.2, -0.15) is 5.10 Å². The molecule has 0 aromatic carbocycles. The standard InChI is InChI=1S/C14H24N4O.ClH/c1-14(2,3)9-10-8-12(18(4)17-10)16-13(19)11-6-5-7-15-11;/h8,11,15H,5-7,9H2,1-4H3,(H,16,19);1H. The predicted octanol–water partition coefficient (Wildman–Crippen LogP) is 2.12. The van der Waals surface area contributed by atoms with E-state index in [0.29, 0.717) is 0 Å². The fourth-order valence-electron chi connectivity index (χ4n) is 2.40. The summed E-state index contributed by atoms with van der Waals surface area (Å²) in [6.07, 6.45) is 2.88. The van der Waals surface area contributed by atoms with Crippen molar-refractivity contribution in [3.63, 3.8) is 0 Å². The molecule has 0 spiro atoms. The molecule has 1 saturated heterocycles. The average Bonchev–Trinajstić information content (AvgIpc) is 2.87. The molecule has 1 aliphatic rings. The third-order valence-corrected chi connectivity index (χ3v) is 3.27. The van der Waals surface area contributed by atoms with Crippen molar-refractivity contribution >= 4 is 24.1 Å². The first kappa shape index (κ1) is 17.0. The average molecular weight is 301 g/mol. The van der Waals surface area contributed by atoms with Crippen LogP contribution >= 0.6 is 12.4 Å². The van der Waals surface area contributed by atoms with Crippen LogP contribution in [0.25, 0.3) is 0 Å². The fourth-order valence-corrected chi connectivity index (χ4v) is 2.40. The maximum absolute atomic E-state index is 12.0. The number of halogens is 1. The summed E-state index contributed by atoms with van der Waals surface area (Å²) in [5.74, 6) is 0.820. The van der Waals surface area contributed by atoms with E-state index in [1.54, 1.807) is 4.68 Å². The van der Waals surface area contributed by atoms with Gasteiger partial charge in [-0.05, 0) is 31.2 Å². The minimum atomic E-state index is -0.0547. The van der Waals surface area contributed by atoms with Gasteiger partial charge in [0.1, 0.15) is 5.82 Å². The molecule has 1 unspecified atom stereocenters. The molecule has 0 aliphatic carbocycles. The van der Waals surface area contributed by atoms with Gasteiger partial charge < -0.3 is 10.6 Å². The number of hydrogen-bond donors (Lipinski definition) is 2. The van der Waals surface area contributed by atoms with E-state index in [0.717, 1.165) is 37.3 Å². The van der Waals surface area contributed by atoms with Crippen LogP contribution in [0.3, 0.4) is 0 Å². The molecule has 2 rings (SSSR count). The van der Waals surface area contributed by atoms with Gasteiger partial charge in [-0.1, -0.05) is 20.8 Å². The third kappa shape index (κ3) is 4.49. The Labute approximate surface area is 126 Å². The molecule has 2 N–H and O–H groups in total. The van der Waals surface area contributed by atoms with Gasteiger partial charge >= 0.3 is 0 Å². The highest BCUT2D eigenvalue weighted by molar-refractivity contribution is 5.94. The minimum Gasteiger partial charge on any atom is -0.310 e. The fraction of sp³-hybridized carbons (Fsp3) is 0.714. The Balaban J connectivity index is 0.00000200. The molecule has 1 amide bonds. The van der Waals surface area contributed by atoms with Crippen molar-refractivity contribution in [3.05, 3.63) is 11.8 Å². The Morgan fingerprint density at radius 3 is 2.80 bits per heavy atom. The zero-order valence-electron chi connectivity index (χ0n) is 12.7. The maximum atomic E-state index is 12.0. The summed E-state index contributed by atoms with van der Waals surface area (Å²) < 4.78 is 1.74. The second-order valence-corrected chi connectivity index (χ2v) is 6.52. The lowest BCUT2D eigenvalue weighted by atomic mass is 9.91. The zero-order valence-corrected chi connectivity index (χ0v) is 13.5. The number of rotatable bonds is 3. The zero-order chi connectivity index (χ0) is 14.0. The number of nitrogens with zero attached hydrogens (tertiary/aromatic N) is 2. The largest absolute Gasteiger partial charge is 0.310 e. The lowest BCUT2D eigenvalue weighted by Crippen LogP contribution is -2.35. The third-order valence-electron chi connectivity index (χ3n) is 3.27. The Bertz CT molecular complexity index is 458. The normalized spacial score (nSPS) is 18.7. The van der Waals surface area contributed by atoms with Gasteiger partial charge in [-0.15, -0.1) is 12.4 Å². The number of amides is 1. The van der Waals surface area contributed by atoms with Crippen LogP contribution in [-0.4, -0.2) is 28.3 Å².